The second-order valence-corrected chi connectivity index (χ2v) is 11.1. The highest BCUT2D eigenvalue weighted by Crippen LogP contribution is 2.33. The van der Waals surface area contributed by atoms with Gasteiger partial charge in [-0.05, 0) is 29.2 Å². The van der Waals surface area contributed by atoms with Gasteiger partial charge in [-0.15, -0.1) is 0 Å². The number of nitrogens with one attached hydrogen (secondary N) is 1. The molecule has 0 saturated carbocycles. The third-order valence-electron chi connectivity index (χ3n) is 6.99. The zero-order valence-electron chi connectivity index (χ0n) is 20.3. The average Bonchev–Trinajstić information content (AvgIpc) is 3.47. The fourth-order valence-electron chi connectivity index (χ4n) is 5.29. The smallest absolute Gasteiger partial charge is 0.407 e. The molecule has 0 spiro atoms. The number of likely N-dealkylation sites (tertiary alicyclic amines) is 2. The van der Waals surface area contributed by atoms with E-state index in [1.54, 1.807) is 0 Å². The maximum absolute atomic E-state index is 12.6. The molecule has 1 N–H and O–H groups in total. The van der Waals surface area contributed by atoms with Crippen LogP contribution in [0.15, 0.2) is 30.3 Å². The van der Waals surface area contributed by atoms with Crippen molar-refractivity contribution in [2.75, 3.05) is 45.9 Å². The van der Waals surface area contributed by atoms with E-state index in [-0.39, 0.29) is 23.7 Å². The van der Waals surface area contributed by atoms with Crippen LogP contribution in [0.2, 0.25) is 0 Å². The van der Waals surface area contributed by atoms with E-state index in [9.17, 15) is 9.59 Å². The van der Waals surface area contributed by atoms with Gasteiger partial charge >= 0.3 is 6.09 Å². The molecule has 3 heterocycles. The monoisotopic (exact) mass is 457 g/mol. The summed E-state index contributed by atoms with van der Waals surface area (Å²) < 4.78 is 10.8. The summed E-state index contributed by atoms with van der Waals surface area (Å²) in [5, 5.41) is 3.08. The van der Waals surface area contributed by atoms with Crippen LogP contribution in [0.25, 0.3) is 0 Å². The molecule has 7 heteroatoms. The Morgan fingerprint density at radius 2 is 1.82 bits per heavy atom. The summed E-state index contributed by atoms with van der Waals surface area (Å²) in [6, 6.07) is 10.0. The predicted molar refractivity (Wildman–Crippen MR) is 127 cm³/mol. The number of hydrogen-bond acceptors (Lipinski definition) is 5. The quantitative estimate of drug-likeness (QED) is 0.679. The van der Waals surface area contributed by atoms with E-state index < -0.39 is 0 Å². The lowest BCUT2D eigenvalue weighted by Crippen LogP contribution is -2.37. The van der Waals surface area contributed by atoms with Crippen LogP contribution in [-0.2, 0) is 14.3 Å². The van der Waals surface area contributed by atoms with Crippen molar-refractivity contribution in [3.05, 3.63) is 35.9 Å². The minimum Gasteiger partial charge on any atom is -0.444 e. The van der Waals surface area contributed by atoms with Crippen molar-refractivity contribution in [1.82, 2.24) is 15.1 Å². The van der Waals surface area contributed by atoms with Crippen LogP contribution in [0.1, 0.15) is 51.6 Å². The van der Waals surface area contributed by atoms with Crippen LogP contribution < -0.4 is 5.32 Å². The third kappa shape index (κ3) is 6.70. The second-order valence-electron chi connectivity index (χ2n) is 11.1. The first-order valence-electron chi connectivity index (χ1n) is 12.4. The normalized spacial score (nSPS) is 26.3. The Morgan fingerprint density at radius 3 is 2.42 bits per heavy atom. The van der Waals surface area contributed by atoms with Crippen LogP contribution in [-0.4, -0.2) is 73.8 Å². The molecule has 3 aliphatic heterocycles. The lowest BCUT2D eigenvalue weighted by Gasteiger charge is -2.26. The number of fused-ring (bicyclic) bond motifs is 1. The van der Waals surface area contributed by atoms with E-state index in [0.29, 0.717) is 37.4 Å². The van der Waals surface area contributed by atoms with Gasteiger partial charge in [0.25, 0.3) is 0 Å². The van der Waals surface area contributed by atoms with Crippen molar-refractivity contribution in [2.24, 2.45) is 17.3 Å². The standard InChI is InChI=1S/C26H39N3O4/c1-26(2,3)13-24(30)29-16-20-14-28(15-21(20)17-29)11-9-23(19-7-5-4-6-8-19)27-25(31)33-22-10-12-32-18-22/h4-8,20-23H,9-18H2,1-3H3,(H,27,31)/t20-,21?,22?,23?/m0/s1. The largest absolute Gasteiger partial charge is 0.444 e. The van der Waals surface area contributed by atoms with Gasteiger partial charge in [0.15, 0.2) is 0 Å². The Kier molecular flexibility index (Phi) is 7.59. The molecule has 0 bridgehead atoms. The molecule has 7 nitrogen and oxygen atoms in total. The molecule has 3 unspecified atom stereocenters. The molecular formula is C26H39N3O4. The summed E-state index contributed by atoms with van der Waals surface area (Å²) in [5.41, 5.74) is 1.13. The Morgan fingerprint density at radius 1 is 1.12 bits per heavy atom. The average molecular weight is 458 g/mol. The summed E-state index contributed by atoms with van der Waals surface area (Å²) in [6.45, 7) is 12.2. The van der Waals surface area contributed by atoms with Crippen molar-refractivity contribution < 1.29 is 19.1 Å². The van der Waals surface area contributed by atoms with Gasteiger partial charge in [0.05, 0.1) is 19.3 Å². The molecule has 3 fully saturated rings. The van der Waals surface area contributed by atoms with Gasteiger partial charge in [0.2, 0.25) is 5.91 Å². The summed E-state index contributed by atoms with van der Waals surface area (Å²) in [6.07, 6.45) is 1.68. The molecule has 0 aromatic heterocycles. The number of benzene rings is 1. The number of alkyl carbamates (subject to hydrolysis) is 1. The highest BCUT2D eigenvalue weighted by Gasteiger charge is 2.41. The van der Waals surface area contributed by atoms with E-state index in [2.05, 4.69) is 48.0 Å². The zero-order chi connectivity index (χ0) is 23.4. The van der Waals surface area contributed by atoms with E-state index in [1.807, 2.05) is 18.2 Å². The van der Waals surface area contributed by atoms with Gasteiger partial charge in [-0.1, -0.05) is 51.1 Å². The highest BCUT2D eigenvalue weighted by molar-refractivity contribution is 5.77. The first-order chi connectivity index (χ1) is 15.8. The number of carbonyl (C=O) groups is 2. The molecule has 33 heavy (non-hydrogen) atoms. The minimum atomic E-state index is -0.370. The number of carbonyl (C=O) groups excluding carboxylic acids is 2. The van der Waals surface area contributed by atoms with Crippen molar-refractivity contribution >= 4 is 12.0 Å². The number of amides is 2. The number of nitrogens with zero attached hydrogens (tertiary/aromatic N) is 2. The molecular weight excluding hydrogens is 418 g/mol. The third-order valence-corrected chi connectivity index (χ3v) is 6.99. The van der Waals surface area contributed by atoms with E-state index in [4.69, 9.17) is 9.47 Å². The van der Waals surface area contributed by atoms with Crippen LogP contribution in [0, 0.1) is 17.3 Å². The molecule has 4 atom stereocenters. The van der Waals surface area contributed by atoms with Crippen LogP contribution in [0.3, 0.4) is 0 Å². The first kappa shape index (κ1) is 24.0. The fraction of sp³-hybridized carbons (Fsp3) is 0.692. The highest BCUT2D eigenvalue weighted by atomic mass is 16.6. The van der Waals surface area contributed by atoms with E-state index in [0.717, 1.165) is 51.1 Å². The first-order valence-corrected chi connectivity index (χ1v) is 12.4. The lowest BCUT2D eigenvalue weighted by atomic mass is 9.91. The predicted octanol–water partition coefficient (Wildman–Crippen LogP) is 3.46. The van der Waals surface area contributed by atoms with Crippen molar-refractivity contribution in [3.8, 4) is 0 Å². The van der Waals surface area contributed by atoms with Crippen molar-refractivity contribution in [2.45, 2.75) is 52.2 Å². The Balaban J connectivity index is 1.27. The summed E-state index contributed by atoms with van der Waals surface area (Å²) >= 11 is 0. The zero-order valence-corrected chi connectivity index (χ0v) is 20.3. The molecule has 1 aromatic carbocycles. The van der Waals surface area contributed by atoms with E-state index >= 15 is 0 Å². The molecule has 3 aliphatic rings. The number of rotatable bonds is 7. The lowest BCUT2D eigenvalue weighted by molar-refractivity contribution is -0.132. The van der Waals surface area contributed by atoms with Crippen molar-refractivity contribution in [3.63, 3.8) is 0 Å². The number of hydrogen-bond donors (Lipinski definition) is 1. The Labute approximate surface area is 197 Å². The number of ether oxygens (including phenoxy) is 2. The van der Waals surface area contributed by atoms with Crippen LogP contribution in [0.5, 0.6) is 0 Å². The molecule has 182 valence electrons. The molecule has 4 rings (SSSR count). The van der Waals surface area contributed by atoms with Crippen LogP contribution >= 0.6 is 0 Å². The maximum atomic E-state index is 12.6. The second kappa shape index (κ2) is 10.4. The molecule has 2 amide bonds. The van der Waals surface area contributed by atoms with Gasteiger partial charge < -0.3 is 24.6 Å². The Hall–Kier alpha value is -2.12. The van der Waals surface area contributed by atoms with Gasteiger partial charge in [0.1, 0.15) is 6.10 Å². The SMILES string of the molecule is CC(C)(C)CC(=O)N1CC2CN(CCC(NC(=O)OC3CCOC3)c3ccccc3)C[C@H]2C1. The summed E-state index contributed by atoms with van der Waals surface area (Å²) in [7, 11) is 0. The minimum absolute atomic E-state index is 0.0339. The Bertz CT molecular complexity index is 790. The van der Waals surface area contributed by atoms with E-state index in [1.165, 1.54) is 0 Å². The van der Waals surface area contributed by atoms with Gasteiger partial charge in [0, 0.05) is 45.6 Å². The van der Waals surface area contributed by atoms with Gasteiger partial charge in [-0.2, -0.15) is 0 Å². The van der Waals surface area contributed by atoms with Crippen molar-refractivity contribution in [1.29, 1.82) is 0 Å². The van der Waals surface area contributed by atoms with Crippen LogP contribution in [0.4, 0.5) is 4.79 Å². The summed E-state index contributed by atoms with van der Waals surface area (Å²) in [4.78, 5) is 29.7. The maximum Gasteiger partial charge on any atom is 0.407 e. The molecule has 1 aromatic rings. The molecule has 3 saturated heterocycles. The topological polar surface area (TPSA) is 71.1 Å². The summed E-state index contributed by atoms with van der Waals surface area (Å²) in [5.74, 6) is 1.41. The molecule has 0 aliphatic carbocycles. The molecule has 0 radical (unpaired) electrons. The van der Waals surface area contributed by atoms with Gasteiger partial charge in [-0.25, -0.2) is 4.79 Å². The van der Waals surface area contributed by atoms with Gasteiger partial charge in [-0.3, -0.25) is 4.79 Å². The fourth-order valence-corrected chi connectivity index (χ4v) is 5.29.